The number of likely N-dealkylation sites (tertiary alicyclic amines) is 1. The number of hydrogen-bond donors (Lipinski definition) is 2. The van der Waals surface area contributed by atoms with Crippen molar-refractivity contribution in [2.24, 2.45) is 5.41 Å². The van der Waals surface area contributed by atoms with Crippen molar-refractivity contribution in [3.05, 3.63) is 58.7 Å². The fourth-order valence-corrected chi connectivity index (χ4v) is 4.95. The third-order valence-corrected chi connectivity index (χ3v) is 7.39. The largest absolute Gasteiger partial charge is 0.352 e. The van der Waals surface area contributed by atoms with E-state index in [4.69, 9.17) is 16.7 Å². The van der Waals surface area contributed by atoms with Gasteiger partial charge >= 0.3 is 0 Å². The topological polar surface area (TPSA) is 79.3 Å². The van der Waals surface area contributed by atoms with Crippen molar-refractivity contribution < 1.29 is 9.59 Å². The van der Waals surface area contributed by atoms with Gasteiger partial charge in [0, 0.05) is 36.0 Å². The van der Waals surface area contributed by atoms with Gasteiger partial charge in [-0.25, -0.2) is 0 Å². The summed E-state index contributed by atoms with van der Waals surface area (Å²) in [7, 11) is 0. The fraction of sp³-hybridized carbons (Fsp3) is 0.483. The number of anilines is 1. The van der Waals surface area contributed by atoms with Gasteiger partial charge in [0.15, 0.2) is 0 Å². The van der Waals surface area contributed by atoms with E-state index in [2.05, 4.69) is 47.1 Å². The molecule has 0 spiro atoms. The molecule has 4 rings (SSSR count). The first-order valence-corrected chi connectivity index (χ1v) is 13.3. The van der Waals surface area contributed by atoms with Gasteiger partial charge in [0.1, 0.15) is 0 Å². The van der Waals surface area contributed by atoms with E-state index in [0.717, 1.165) is 42.4 Å². The summed E-state index contributed by atoms with van der Waals surface area (Å²) >= 11 is 6.39. The minimum atomic E-state index is -0.487. The molecule has 198 valence electrons. The summed E-state index contributed by atoms with van der Waals surface area (Å²) in [5, 5.41) is 11.9. The zero-order valence-electron chi connectivity index (χ0n) is 22.7. The maximum Gasteiger partial charge on any atom is 0.257 e. The second-order valence-electron chi connectivity index (χ2n) is 11.9. The smallest absolute Gasteiger partial charge is 0.257 e. The SMILES string of the molecule is CC(C)(C)C(=O)NCc1ccc(Cl)c(C(=O)Nc2cccc3c2cnn3C2CCN(C(C)(C)C)CC2)c1. The van der Waals surface area contributed by atoms with Crippen molar-refractivity contribution in [3.63, 3.8) is 0 Å². The third kappa shape index (κ3) is 6.16. The summed E-state index contributed by atoms with van der Waals surface area (Å²) in [4.78, 5) is 28.0. The lowest BCUT2D eigenvalue weighted by atomic mass is 9.95. The van der Waals surface area contributed by atoms with Crippen LogP contribution < -0.4 is 10.6 Å². The maximum atomic E-state index is 13.3. The fourth-order valence-electron chi connectivity index (χ4n) is 4.75. The molecule has 37 heavy (non-hydrogen) atoms. The van der Waals surface area contributed by atoms with Crippen molar-refractivity contribution >= 4 is 40.0 Å². The summed E-state index contributed by atoms with van der Waals surface area (Å²) in [6.45, 7) is 14.8. The Balaban J connectivity index is 1.50. The van der Waals surface area contributed by atoms with E-state index < -0.39 is 5.41 Å². The molecule has 0 bridgehead atoms. The molecule has 3 aromatic rings. The Bertz CT molecular complexity index is 1290. The lowest BCUT2D eigenvalue weighted by Crippen LogP contribution is -2.46. The number of carbonyl (C=O) groups excluding carboxylic acids is 2. The van der Waals surface area contributed by atoms with E-state index in [1.807, 2.05) is 45.2 Å². The molecule has 8 heteroatoms. The molecule has 2 N–H and O–H groups in total. The molecule has 0 aliphatic carbocycles. The van der Waals surface area contributed by atoms with E-state index in [1.54, 1.807) is 12.1 Å². The number of rotatable bonds is 5. The van der Waals surface area contributed by atoms with Gasteiger partial charge in [-0.1, -0.05) is 44.5 Å². The van der Waals surface area contributed by atoms with Crippen LogP contribution in [-0.4, -0.2) is 45.1 Å². The molecule has 2 heterocycles. The number of hydrogen-bond acceptors (Lipinski definition) is 4. The highest BCUT2D eigenvalue weighted by Gasteiger charge is 2.29. The van der Waals surface area contributed by atoms with Gasteiger partial charge in [-0.2, -0.15) is 5.10 Å². The van der Waals surface area contributed by atoms with Crippen molar-refractivity contribution in [3.8, 4) is 0 Å². The summed E-state index contributed by atoms with van der Waals surface area (Å²) in [6.07, 6.45) is 3.92. The quantitative estimate of drug-likeness (QED) is 0.427. The molecule has 2 amide bonds. The van der Waals surface area contributed by atoms with Crippen molar-refractivity contribution in [1.82, 2.24) is 20.0 Å². The number of amides is 2. The van der Waals surface area contributed by atoms with Gasteiger partial charge in [-0.05, 0) is 63.4 Å². The molecular formula is C29H38ClN5O2. The number of halogens is 1. The number of nitrogens with one attached hydrogen (secondary N) is 2. The van der Waals surface area contributed by atoms with Gasteiger partial charge < -0.3 is 10.6 Å². The molecule has 2 aromatic carbocycles. The van der Waals surface area contributed by atoms with Crippen LogP contribution in [0.15, 0.2) is 42.6 Å². The van der Waals surface area contributed by atoms with Gasteiger partial charge in [0.05, 0.1) is 34.0 Å². The zero-order chi connectivity index (χ0) is 27.0. The summed E-state index contributed by atoms with van der Waals surface area (Å²) in [5.41, 5.74) is 2.56. The molecule has 1 aliphatic heterocycles. The van der Waals surface area contributed by atoms with Crippen LogP contribution in [0.1, 0.15) is 76.3 Å². The van der Waals surface area contributed by atoms with Crippen LogP contribution in [0, 0.1) is 5.41 Å². The molecule has 7 nitrogen and oxygen atoms in total. The standard InChI is InChI=1S/C29H38ClN5O2/c1-28(2,3)27(37)31-17-19-10-11-23(30)21(16-19)26(36)33-24-8-7-9-25-22(24)18-32-35(25)20-12-14-34(15-13-20)29(4,5)6/h7-11,16,18,20H,12-15,17H2,1-6H3,(H,31,37)(H,33,36). The Hall–Kier alpha value is -2.90. The van der Waals surface area contributed by atoms with Gasteiger partial charge in [0.25, 0.3) is 5.91 Å². The number of fused-ring (bicyclic) bond motifs is 1. The molecule has 0 unspecified atom stereocenters. The van der Waals surface area contributed by atoms with Gasteiger partial charge in [0.2, 0.25) is 5.91 Å². The normalized spacial score (nSPS) is 15.6. The number of carbonyl (C=O) groups is 2. The average molecular weight is 524 g/mol. The Kier molecular flexibility index (Phi) is 7.67. The number of benzene rings is 2. The van der Waals surface area contributed by atoms with Crippen LogP contribution >= 0.6 is 11.6 Å². The highest BCUT2D eigenvalue weighted by Crippen LogP contribution is 2.32. The predicted octanol–water partition coefficient (Wildman–Crippen LogP) is 6.04. The minimum Gasteiger partial charge on any atom is -0.352 e. The van der Waals surface area contributed by atoms with E-state index in [-0.39, 0.29) is 17.4 Å². The Morgan fingerprint density at radius 2 is 1.76 bits per heavy atom. The minimum absolute atomic E-state index is 0.0544. The highest BCUT2D eigenvalue weighted by atomic mass is 35.5. The molecule has 1 saturated heterocycles. The molecule has 0 saturated carbocycles. The molecule has 0 atom stereocenters. The van der Waals surface area contributed by atoms with Crippen LogP contribution in [0.5, 0.6) is 0 Å². The molecule has 0 radical (unpaired) electrons. The lowest BCUT2D eigenvalue weighted by Gasteiger charge is -2.41. The third-order valence-electron chi connectivity index (χ3n) is 7.06. The molecule has 1 fully saturated rings. The number of nitrogens with zero attached hydrogens (tertiary/aromatic N) is 3. The van der Waals surface area contributed by atoms with Crippen LogP contribution in [0.4, 0.5) is 5.69 Å². The van der Waals surface area contributed by atoms with Crippen LogP contribution in [0.3, 0.4) is 0 Å². The van der Waals surface area contributed by atoms with E-state index >= 15 is 0 Å². The Morgan fingerprint density at radius 3 is 2.41 bits per heavy atom. The lowest BCUT2D eigenvalue weighted by molar-refractivity contribution is -0.128. The van der Waals surface area contributed by atoms with E-state index in [9.17, 15) is 9.59 Å². The average Bonchev–Trinajstić information content (AvgIpc) is 3.27. The highest BCUT2D eigenvalue weighted by molar-refractivity contribution is 6.34. The van der Waals surface area contributed by atoms with Crippen molar-refractivity contribution in [2.75, 3.05) is 18.4 Å². The molecule has 1 aliphatic rings. The summed E-state index contributed by atoms with van der Waals surface area (Å²) in [5.74, 6) is -0.353. The van der Waals surface area contributed by atoms with Crippen LogP contribution in [-0.2, 0) is 11.3 Å². The Labute approximate surface area is 224 Å². The van der Waals surface area contributed by atoms with E-state index in [0.29, 0.717) is 28.9 Å². The van der Waals surface area contributed by atoms with Crippen LogP contribution in [0.2, 0.25) is 5.02 Å². The number of aromatic nitrogens is 2. The molecule has 1 aromatic heterocycles. The molecular weight excluding hydrogens is 486 g/mol. The maximum absolute atomic E-state index is 13.3. The summed E-state index contributed by atoms with van der Waals surface area (Å²) < 4.78 is 2.11. The Morgan fingerprint density at radius 1 is 1.05 bits per heavy atom. The van der Waals surface area contributed by atoms with Crippen molar-refractivity contribution in [2.45, 2.75) is 72.5 Å². The van der Waals surface area contributed by atoms with Gasteiger partial charge in [-0.3, -0.25) is 19.2 Å². The second kappa shape index (κ2) is 10.5. The monoisotopic (exact) mass is 523 g/mol. The first kappa shape index (κ1) is 27.1. The van der Waals surface area contributed by atoms with Crippen molar-refractivity contribution in [1.29, 1.82) is 0 Å². The first-order chi connectivity index (χ1) is 17.3. The van der Waals surface area contributed by atoms with E-state index in [1.165, 1.54) is 0 Å². The first-order valence-electron chi connectivity index (χ1n) is 12.9. The predicted molar refractivity (Wildman–Crippen MR) is 150 cm³/mol. The zero-order valence-corrected chi connectivity index (χ0v) is 23.4. The second-order valence-corrected chi connectivity index (χ2v) is 12.3. The van der Waals surface area contributed by atoms with Crippen LogP contribution in [0.25, 0.3) is 10.9 Å². The number of piperidine rings is 1. The summed E-state index contributed by atoms with van der Waals surface area (Å²) in [6, 6.07) is 11.5. The van der Waals surface area contributed by atoms with Gasteiger partial charge in [-0.15, -0.1) is 0 Å².